The van der Waals surface area contributed by atoms with Crippen molar-refractivity contribution in [2.45, 2.75) is 64.8 Å². The highest BCUT2D eigenvalue weighted by molar-refractivity contribution is 6.76. The molecule has 0 saturated carbocycles. The van der Waals surface area contributed by atoms with E-state index in [0.717, 1.165) is 43.3 Å². The molecule has 1 heterocycles. The minimum atomic E-state index is -4.35. The molecule has 0 aliphatic carbocycles. The first-order chi connectivity index (χ1) is 11.6. The van der Waals surface area contributed by atoms with Gasteiger partial charge in [-0.05, 0) is 30.7 Å². The number of aromatic nitrogens is 2. The summed E-state index contributed by atoms with van der Waals surface area (Å²) in [5, 5.41) is 0. The predicted molar refractivity (Wildman–Crippen MR) is 97.5 cm³/mol. The van der Waals surface area contributed by atoms with Crippen LogP contribution in [0.5, 0.6) is 0 Å². The fourth-order valence-corrected chi connectivity index (χ4v) is 3.32. The Hall–Kier alpha value is -1.34. The molecule has 0 atom stereocenters. The number of fused-ring (bicyclic) bond motifs is 1. The Balaban J connectivity index is 2.25. The summed E-state index contributed by atoms with van der Waals surface area (Å²) in [6.45, 7) is 9.95. The summed E-state index contributed by atoms with van der Waals surface area (Å²) >= 11 is 0. The molecule has 2 aromatic rings. The minimum absolute atomic E-state index is 0.339. The normalized spacial score (nSPS) is 12.9. The van der Waals surface area contributed by atoms with Crippen molar-refractivity contribution >= 4 is 19.1 Å². The molecule has 25 heavy (non-hydrogen) atoms. The van der Waals surface area contributed by atoms with E-state index in [0.29, 0.717) is 24.4 Å². The molecule has 7 heteroatoms. The summed E-state index contributed by atoms with van der Waals surface area (Å²) in [5.41, 5.74) is 0.424. The number of hydrogen-bond acceptors (Lipinski definition) is 2. The van der Waals surface area contributed by atoms with Gasteiger partial charge in [0.2, 0.25) is 0 Å². The fraction of sp³-hybridized carbons (Fsp3) is 0.611. The molecule has 0 N–H and O–H groups in total. The number of benzene rings is 1. The SMILES string of the molecule is CCCCc1nc2cc(C(F)(F)F)ccc2n1COCC[Si](C)(C)C. The Labute approximate surface area is 148 Å². The van der Waals surface area contributed by atoms with E-state index in [2.05, 4.69) is 31.5 Å². The second-order valence-corrected chi connectivity index (χ2v) is 13.2. The van der Waals surface area contributed by atoms with Crippen molar-refractivity contribution in [3.63, 3.8) is 0 Å². The highest BCUT2D eigenvalue weighted by atomic mass is 28.3. The molecule has 2 rings (SSSR count). The number of halogens is 3. The van der Waals surface area contributed by atoms with Crippen molar-refractivity contribution in [2.75, 3.05) is 6.61 Å². The van der Waals surface area contributed by atoms with Crippen LogP contribution in [0.4, 0.5) is 13.2 Å². The number of hydrogen-bond donors (Lipinski definition) is 0. The van der Waals surface area contributed by atoms with Gasteiger partial charge in [-0.2, -0.15) is 13.2 Å². The molecule has 0 aliphatic heterocycles. The molecule has 140 valence electrons. The maximum Gasteiger partial charge on any atom is 0.416 e. The maximum atomic E-state index is 12.9. The van der Waals surface area contributed by atoms with E-state index < -0.39 is 19.8 Å². The van der Waals surface area contributed by atoms with Crippen LogP contribution in [0.25, 0.3) is 11.0 Å². The Bertz CT molecular complexity index is 705. The zero-order chi connectivity index (χ0) is 18.7. The van der Waals surface area contributed by atoms with Gasteiger partial charge in [-0.15, -0.1) is 0 Å². The molecular formula is C18H27F3N2OSi. The van der Waals surface area contributed by atoms with Crippen LogP contribution in [-0.2, 0) is 24.1 Å². The highest BCUT2D eigenvalue weighted by Crippen LogP contribution is 2.31. The summed E-state index contributed by atoms with van der Waals surface area (Å²) in [5.74, 6) is 0.796. The van der Waals surface area contributed by atoms with E-state index in [1.807, 2.05) is 4.57 Å². The van der Waals surface area contributed by atoms with Gasteiger partial charge in [0.25, 0.3) is 0 Å². The first kappa shape index (κ1) is 20.0. The van der Waals surface area contributed by atoms with Gasteiger partial charge >= 0.3 is 6.18 Å². The number of nitrogens with zero attached hydrogens (tertiary/aromatic N) is 2. The van der Waals surface area contributed by atoms with Gasteiger partial charge in [-0.3, -0.25) is 0 Å². The lowest BCUT2D eigenvalue weighted by atomic mass is 10.2. The topological polar surface area (TPSA) is 27.1 Å². The molecule has 0 spiro atoms. The van der Waals surface area contributed by atoms with Gasteiger partial charge in [0.05, 0.1) is 16.6 Å². The average Bonchev–Trinajstić information content (AvgIpc) is 2.84. The van der Waals surface area contributed by atoms with Crippen LogP contribution < -0.4 is 0 Å². The summed E-state index contributed by atoms with van der Waals surface area (Å²) in [7, 11) is -1.17. The average molecular weight is 373 g/mol. The van der Waals surface area contributed by atoms with E-state index in [1.54, 1.807) is 0 Å². The summed E-state index contributed by atoms with van der Waals surface area (Å²) in [6, 6.07) is 4.81. The van der Waals surface area contributed by atoms with Crippen molar-refractivity contribution in [1.82, 2.24) is 9.55 Å². The molecule has 0 unspecified atom stereocenters. The fourth-order valence-electron chi connectivity index (χ4n) is 2.56. The van der Waals surface area contributed by atoms with E-state index in [9.17, 15) is 13.2 Å². The lowest BCUT2D eigenvalue weighted by molar-refractivity contribution is -0.137. The maximum absolute atomic E-state index is 12.9. The summed E-state index contributed by atoms with van der Waals surface area (Å²) in [6.07, 6.45) is -1.66. The van der Waals surface area contributed by atoms with Crippen molar-refractivity contribution in [3.8, 4) is 0 Å². The summed E-state index contributed by atoms with van der Waals surface area (Å²) in [4.78, 5) is 4.44. The number of unbranched alkanes of at least 4 members (excludes halogenated alkanes) is 1. The van der Waals surface area contributed by atoms with Crippen molar-refractivity contribution in [3.05, 3.63) is 29.6 Å². The molecule has 3 nitrogen and oxygen atoms in total. The third-order valence-electron chi connectivity index (χ3n) is 4.13. The zero-order valence-electron chi connectivity index (χ0n) is 15.4. The number of aryl methyl sites for hydroxylation is 1. The standard InChI is InChI=1S/C18H27F3N2OSi/c1-5-6-7-17-22-15-12-14(18(19,20)21)8-9-16(15)23(17)13-24-10-11-25(2,3)4/h8-9,12H,5-7,10-11,13H2,1-4H3. The van der Waals surface area contributed by atoms with E-state index in [-0.39, 0.29) is 0 Å². The van der Waals surface area contributed by atoms with Crippen molar-refractivity contribution < 1.29 is 17.9 Å². The third-order valence-corrected chi connectivity index (χ3v) is 5.83. The number of alkyl halides is 3. The van der Waals surface area contributed by atoms with Crippen LogP contribution in [0, 0.1) is 0 Å². The van der Waals surface area contributed by atoms with Crippen molar-refractivity contribution in [2.24, 2.45) is 0 Å². The predicted octanol–water partition coefficient (Wildman–Crippen LogP) is 5.71. The van der Waals surface area contributed by atoms with Gasteiger partial charge in [0.1, 0.15) is 12.6 Å². The van der Waals surface area contributed by atoms with E-state index in [4.69, 9.17) is 4.74 Å². The minimum Gasteiger partial charge on any atom is -0.361 e. The molecule has 0 bridgehead atoms. The second-order valence-electron chi connectivity index (χ2n) is 7.61. The molecular weight excluding hydrogens is 345 g/mol. The van der Waals surface area contributed by atoms with Crippen LogP contribution in [0.3, 0.4) is 0 Å². The van der Waals surface area contributed by atoms with E-state index in [1.165, 1.54) is 6.07 Å². The second kappa shape index (κ2) is 7.91. The first-order valence-corrected chi connectivity index (χ1v) is 12.5. The molecule has 1 aromatic heterocycles. The monoisotopic (exact) mass is 372 g/mol. The lowest BCUT2D eigenvalue weighted by Gasteiger charge is -2.16. The number of rotatable bonds is 8. The van der Waals surface area contributed by atoms with Crippen molar-refractivity contribution in [1.29, 1.82) is 0 Å². The van der Waals surface area contributed by atoms with Crippen LogP contribution in [0.2, 0.25) is 25.7 Å². The third kappa shape index (κ3) is 5.57. The van der Waals surface area contributed by atoms with E-state index >= 15 is 0 Å². The Kier molecular flexibility index (Phi) is 6.32. The first-order valence-electron chi connectivity index (χ1n) is 8.76. The van der Waals surface area contributed by atoms with Crippen LogP contribution >= 0.6 is 0 Å². The molecule has 0 amide bonds. The molecule has 0 saturated heterocycles. The number of ether oxygens (including phenoxy) is 1. The van der Waals surface area contributed by atoms with Gasteiger partial charge in [0.15, 0.2) is 0 Å². The van der Waals surface area contributed by atoms with Crippen LogP contribution in [0.1, 0.15) is 31.2 Å². The molecule has 0 fully saturated rings. The van der Waals surface area contributed by atoms with Crippen LogP contribution in [0.15, 0.2) is 18.2 Å². The lowest BCUT2D eigenvalue weighted by Crippen LogP contribution is -2.22. The van der Waals surface area contributed by atoms with Gasteiger partial charge in [-0.25, -0.2) is 4.98 Å². The quantitative estimate of drug-likeness (QED) is 0.438. The zero-order valence-corrected chi connectivity index (χ0v) is 16.4. The highest BCUT2D eigenvalue weighted by Gasteiger charge is 2.31. The van der Waals surface area contributed by atoms with Gasteiger partial charge in [0, 0.05) is 21.1 Å². The van der Waals surface area contributed by atoms with Gasteiger partial charge in [-0.1, -0.05) is 33.0 Å². The van der Waals surface area contributed by atoms with Crippen LogP contribution in [-0.4, -0.2) is 24.2 Å². The Morgan fingerprint density at radius 3 is 2.52 bits per heavy atom. The molecule has 0 aliphatic rings. The molecule has 1 aromatic carbocycles. The Morgan fingerprint density at radius 1 is 1.20 bits per heavy atom. The van der Waals surface area contributed by atoms with Gasteiger partial charge < -0.3 is 9.30 Å². The molecule has 0 radical (unpaired) electrons. The number of imidazole rings is 1. The Morgan fingerprint density at radius 2 is 1.92 bits per heavy atom. The summed E-state index contributed by atoms with van der Waals surface area (Å²) < 4.78 is 46.5. The largest absolute Gasteiger partial charge is 0.416 e. The smallest absolute Gasteiger partial charge is 0.361 e.